The van der Waals surface area contributed by atoms with Crippen molar-refractivity contribution < 1.29 is 9.59 Å². The number of nitrogens with one attached hydrogen (secondary N) is 2. The number of nitrogens with zero attached hydrogens (tertiary/aromatic N) is 1. The Balaban J connectivity index is 0.000000662. The van der Waals surface area contributed by atoms with Crippen LogP contribution < -0.4 is 22.5 Å². The predicted octanol–water partition coefficient (Wildman–Crippen LogP) is 2.29. The van der Waals surface area contributed by atoms with Gasteiger partial charge in [-0.15, -0.1) is 6.58 Å². The lowest BCUT2D eigenvalue weighted by molar-refractivity contribution is 0.102. The van der Waals surface area contributed by atoms with Crippen molar-refractivity contribution in [3.8, 4) is 0 Å². The Labute approximate surface area is 161 Å². The average molecular weight is 399 g/mol. The number of carbonyl (C=O) groups excluding carboxylic acids is 2. The van der Waals surface area contributed by atoms with Crippen LogP contribution in [0.3, 0.4) is 0 Å². The molecule has 0 fully saturated rings. The largest absolute Gasteiger partial charge is 0.403 e. The summed E-state index contributed by atoms with van der Waals surface area (Å²) >= 11 is 11.8. The highest BCUT2D eigenvalue weighted by molar-refractivity contribution is 6.40. The lowest BCUT2D eigenvalue weighted by atomic mass is 10.2. The number of aldehydes is 1. The smallest absolute Gasteiger partial charge is 0.258 e. The van der Waals surface area contributed by atoms with Crippen molar-refractivity contribution >= 4 is 41.1 Å². The molecule has 0 saturated heterocycles. The van der Waals surface area contributed by atoms with E-state index in [4.69, 9.17) is 40.4 Å². The van der Waals surface area contributed by atoms with Gasteiger partial charge in [-0.1, -0.05) is 35.3 Å². The molecule has 1 aromatic heterocycles. The lowest BCUT2D eigenvalue weighted by Gasteiger charge is -2.07. The summed E-state index contributed by atoms with van der Waals surface area (Å²) in [7, 11) is 0. The first-order valence-corrected chi connectivity index (χ1v) is 7.85. The second kappa shape index (κ2) is 13.5. The third-order valence-electron chi connectivity index (χ3n) is 2.50. The molecular weight excluding hydrogens is 379 g/mol. The van der Waals surface area contributed by atoms with E-state index in [0.29, 0.717) is 12.8 Å². The van der Waals surface area contributed by atoms with Gasteiger partial charge in [-0.05, 0) is 12.1 Å². The number of carbonyl (C=O) groups is 2. The van der Waals surface area contributed by atoms with Crippen molar-refractivity contribution in [2.75, 3.05) is 11.9 Å². The third kappa shape index (κ3) is 7.84. The highest BCUT2D eigenvalue weighted by Crippen LogP contribution is 2.25. The molecule has 0 aliphatic rings. The summed E-state index contributed by atoms with van der Waals surface area (Å²) in [5.41, 5.74) is 14.9. The number of amides is 1. The van der Waals surface area contributed by atoms with Crippen LogP contribution in [0.2, 0.25) is 10.0 Å². The van der Waals surface area contributed by atoms with Gasteiger partial charge >= 0.3 is 0 Å². The molecular formula is C16H20Cl2N6O2. The molecule has 0 atom stereocenters. The van der Waals surface area contributed by atoms with Gasteiger partial charge in [-0.2, -0.15) is 5.10 Å². The number of hydrogen-bond acceptors (Lipinski definition) is 6. The first-order valence-electron chi connectivity index (χ1n) is 7.10. The number of nitrogens with two attached hydrogens (primary N) is 3. The molecule has 10 heteroatoms. The summed E-state index contributed by atoms with van der Waals surface area (Å²) in [5.74, 6) is -0.505. The predicted molar refractivity (Wildman–Crippen MR) is 105 cm³/mol. The zero-order chi connectivity index (χ0) is 19.9. The van der Waals surface area contributed by atoms with E-state index in [1.807, 2.05) is 0 Å². The Hall–Kier alpha value is -2.81. The molecule has 140 valence electrons. The molecule has 0 saturated carbocycles. The standard InChI is InChI=1S/C11H7Cl2N3O2.C3H7N.C2H6N2/c12-6-2-1-3-7(13)10(6)11(18)15-8-4-14-16-9(8)5-17;1-2-3-4;3-1-2-4/h1-5H,(H,14,16)(H,15,18);2H,1,3-4H2;1-2H,3-4H2/b;;2-1+. The van der Waals surface area contributed by atoms with Gasteiger partial charge in [0.2, 0.25) is 0 Å². The fourth-order valence-corrected chi connectivity index (χ4v) is 1.95. The van der Waals surface area contributed by atoms with Gasteiger partial charge in [-0.3, -0.25) is 14.7 Å². The fraction of sp³-hybridized carbons (Fsp3) is 0.0625. The first-order chi connectivity index (χ1) is 12.5. The number of H-pyrrole nitrogens is 1. The van der Waals surface area contributed by atoms with Crippen LogP contribution in [0.15, 0.2) is 49.5 Å². The summed E-state index contributed by atoms with van der Waals surface area (Å²) in [6, 6.07) is 4.74. The Morgan fingerprint density at radius 1 is 1.27 bits per heavy atom. The Bertz CT molecular complexity index is 722. The summed E-state index contributed by atoms with van der Waals surface area (Å²) in [6.07, 6.45) is 6.09. The number of anilines is 1. The number of benzene rings is 1. The summed E-state index contributed by atoms with van der Waals surface area (Å²) in [5, 5.41) is 9.06. The maximum Gasteiger partial charge on any atom is 0.258 e. The van der Waals surface area contributed by atoms with Crippen molar-refractivity contribution in [2.24, 2.45) is 17.2 Å². The SMILES string of the molecule is C=CCN.N/C=C/N.O=Cc1[nH]ncc1NC(=O)c1c(Cl)cccc1Cl. The summed E-state index contributed by atoms with van der Waals surface area (Å²) < 4.78 is 0. The highest BCUT2D eigenvalue weighted by Gasteiger charge is 2.16. The zero-order valence-corrected chi connectivity index (χ0v) is 15.3. The van der Waals surface area contributed by atoms with Gasteiger partial charge in [-0.25, -0.2) is 0 Å². The fourth-order valence-electron chi connectivity index (χ4n) is 1.39. The average Bonchev–Trinajstić information content (AvgIpc) is 3.09. The number of aromatic nitrogens is 2. The van der Waals surface area contributed by atoms with E-state index in [1.165, 1.54) is 18.6 Å². The maximum atomic E-state index is 12.0. The summed E-state index contributed by atoms with van der Waals surface area (Å²) in [4.78, 5) is 22.6. The van der Waals surface area contributed by atoms with Crippen LogP contribution in [-0.4, -0.2) is 28.9 Å². The minimum Gasteiger partial charge on any atom is -0.403 e. The monoisotopic (exact) mass is 398 g/mol. The van der Waals surface area contributed by atoms with Gasteiger partial charge in [0.1, 0.15) is 5.69 Å². The van der Waals surface area contributed by atoms with E-state index in [2.05, 4.69) is 22.1 Å². The molecule has 0 bridgehead atoms. The molecule has 1 heterocycles. The van der Waals surface area contributed by atoms with Crippen LogP contribution in [0.4, 0.5) is 5.69 Å². The van der Waals surface area contributed by atoms with Crippen molar-refractivity contribution in [3.05, 3.63) is 70.8 Å². The quantitative estimate of drug-likeness (QED) is 0.393. The van der Waals surface area contributed by atoms with Crippen molar-refractivity contribution in [3.63, 3.8) is 0 Å². The molecule has 2 rings (SSSR count). The van der Waals surface area contributed by atoms with Crippen LogP contribution in [0.25, 0.3) is 0 Å². The van der Waals surface area contributed by atoms with Crippen LogP contribution in [0.5, 0.6) is 0 Å². The second-order valence-electron chi connectivity index (χ2n) is 4.28. The Kier molecular flexibility index (Phi) is 12.0. The molecule has 0 aliphatic carbocycles. The van der Waals surface area contributed by atoms with Crippen molar-refractivity contribution in [1.82, 2.24) is 10.2 Å². The topological polar surface area (TPSA) is 153 Å². The number of halogens is 2. The Morgan fingerprint density at radius 3 is 2.23 bits per heavy atom. The van der Waals surface area contributed by atoms with E-state index in [1.54, 1.807) is 24.3 Å². The van der Waals surface area contributed by atoms with Crippen LogP contribution in [0, 0.1) is 0 Å². The molecule has 8 N–H and O–H groups in total. The zero-order valence-electron chi connectivity index (χ0n) is 13.8. The van der Waals surface area contributed by atoms with Crippen LogP contribution >= 0.6 is 23.2 Å². The van der Waals surface area contributed by atoms with Crippen molar-refractivity contribution in [2.45, 2.75) is 0 Å². The molecule has 0 spiro atoms. The van der Waals surface area contributed by atoms with Gasteiger partial charge in [0.15, 0.2) is 6.29 Å². The first kappa shape index (κ1) is 23.2. The lowest BCUT2D eigenvalue weighted by Crippen LogP contribution is -2.13. The molecule has 26 heavy (non-hydrogen) atoms. The molecule has 8 nitrogen and oxygen atoms in total. The number of aromatic amines is 1. The summed E-state index contributed by atoms with van der Waals surface area (Å²) in [6.45, 7) is 3.94. The number of rotatable bonds is 4. The van der Waals surface area contributed by atoms with Gasteiger partial charge in [0.05, 0.1) is 27.5 Å². The third-order valence-corrected chi connectivity index (χ3v) is 3.13. The second-order valence-corrected chi connectivity index (χ2v) is 5.09. The highest BCUT2D eigenvalue weighted by atomic mass is 35.5. The molecule has 1 amide bonds. The number of hydrogen-bond donors (Lipinski definition) is 5. The minimum atomic E-state index is -0.505. The minimum absolute atomic E-state index is 0.152. The van der Waals surface area contributed by atoms with E-state index in [0.717, 1.165) is 0 Å². The molecule has 0 aliphatic heterocycles. The van der Waals surface area contributed by atoms with Crippen molar-refractivity contribution in [1.29, 1.82) is 0 Å². The molecule has 1 aromatic carbocycles. The Morgan fingerprint density at radius 2 is 1.81 bits per heavy atom. The van der Waals surface area contributed by atoms with Gasteiger partial charge < -0.3 is 22.5 Å². The maximum absolute atomic E-state index is 12.0. The van der Waals surface area contributed by atoms with Gasteiger partial charge in [0, 0.05) is 18.9 Å². The van der Waals surface area contributed by atoms with E-state index in [-0.39, 0.29) is 27.0 Å². The molecule has 0 radical (unpaired) electrons. The van der Waals surface area contributed by atoms with Gasteiger partial charge in [0.25, 0.3) is 5.91 Å². The molecule has 0 unspecified atom stereocenters. The van der Waals surface area contributed by atoms with E-state index in [9.17, 15) is 9.59 Å². The van der Waals surface area contributed by atoms with E-state index >= 15 is 0 Å². The normalized spacial score (nSPS) is 9.35. The molecule has 2 aromatic rings. The van der Waals surface area contributed by atoms with Crippen LogP contribution in [-0.2, 0) is 0 Å². The van der Waals surface area contributed by atoms with Crippen LogP contribution in [0.1, 0.15) is 20.8 Å². The van der Waals surface area contributed by atoms with E-state index < -0.39 is 5.91 Å².